The van der Waals surface area contributed by atoms with E-state index in [0.29, 0.717) is 18.8 Å². The second-order valence-corrected chi connectivity index (χ2v) is 5.47. The second-order valence-electron chi connectivity index (χ2n) is 4.61. The number of benzene rings is 1. The maximum absolute atomic E-state index is 10.3. The van der Waals surface area contributed by atoms with Crippen LogP contribution in [0.1, 0.15) is 30.6 Å². The third-order valence-electron chi connectivity index (χ3n) is 2.96. The smallest absolute Gasteiger partial charge is 0.137 e. The number of ether oxygens (including phenoxy) is 1. The summed E-state index contributed by atoms with van der Waals surface area (Å²) in [5.74, 6) is 0.704. The van der Waals surface area contributed by atoms with Crippen molar-refractivity contribution < 1.29 is 9.84 Å². The summed E-state index contributed by atoms with van der Waals surface area (Å²) in [6.07, 6.45) is 4.25. The zero-order valence-corrected chi connectivity index (χ0v) is 13.0. The first kappa shape index (κ1) is 15.0. The molecule has 1 heterocycles. The number of halogens is 1. The topological polar surface area (TPSA) is 42.4 Å². The van der Waals surface area contributed by atoms with Crippen LogP contribution < -0.4 is 4.74 Å². The SMILES string of the molecule is CCCOc1cncc(C(O)Cc2ccccc2Br)c1. The Bertz CT molecular complexity index is 560. The Morgan fingerprint density at radius 1 is 1.30 bits per heavy atom. The first-order chi connectivity index (χ1) is 9.70. The average Bonchev–Trinajstić information content (AvgIpc) is 2.48. The number of aliphatic hydroxyl groups is 1. The van der Waals surface area contributed by atoms with Crippen LogP contribution in [0.15, 0.2) is 47.2 Å². The predicted octanol–water partition coefficient (Wildman–Crippen LogP) is 3.91. The Labute approximate surface area is 127 Å². The zero-order valence-electron chi connectivity index (χ0n) is 11.4. The Hall–Kier alpha value is -1.39. The summed E-state index contributed by atoms with van der Waals surface area (Å²) >= 11 is 3.49. The Morgan fingerprint density at radius 2 is 2.10 bits per heavy atom. The predicted molar refractivity (Wildman–Crippen MR) is 82.8 cm³/mol. The van der Waals surface area contributed by atoms with Crippen LogP contribution in [0.3, 0.4) is 0 Å². The molecule has 0 aliphatic heterocycles. The van der Waals surface area contributed by atoms with Gasteiger partial charge in [0.15, 0.2) is 0 Å². The highest BCUT2D eigenvalue weighted by Gasteiger charge is 2.12. The van der Waals surface area contributed by atoms with Crippen molar-refractivity contribution >= 4 is 15.9 Å². The fourth-order valence-electron chi connectivity index (χ4n) is 1.91. The maximum Gasteiger partial charge on any atom is 0.137 e. The number of hydrogen-bond donors (Lipinski definition) is 1. The van der Waals surface area contributed by atoms with Crippen molar-refractivity contribution in [1.82, 2.24) is 4.98 Å². The molecule has 0 saturated carbocycles. The van der Waals surface area contributed by atoms with Gasteiger partial charge in [-0.3, -0.25) is 4.98 Å². The van der Waals surface area contributed by atoms with Crippen molar-refractivity contribution in [2.45, 2.75) is 25.9 Å². The molecule has 2 rings (SSSR count). The van der Waals surface area contributed by atoms with E-state index in [4.69, 9.17) is 4.74 Å². The molecule has 106 valence electrons. The molecular weight excluding hydrogens is 318 g/mol. The van der Waals surface area contributed by atoms with Gasteiger partial charge < -0.3 is 9.84 Å². The minimum Gasteiger partial charge on any atom is -0.492 e. The number of nitrogens with zero attached hydrogens (tertiary/aromatic N) is 1. The third kappa shape index (κ3) is 4.05. The molecule has 0 fully saturated rings. The molecule has 2 aromatic rings. The largest absolute Gasteiger partial charge is 0.492 e. The minimum atomic E-state index is -0.591. The highest BCUT2D eigenvalue weighted by atomic mass is 79.9. The quantitative estimate of drug-likeness (QED) is 0.870. The number of aliphatic hydroxyl groups excluding tert-OH is 1. The van der Waals surface area contributed by atoms with Gasteiger partial charge in [0, 0.05) is 22.7 Å². The first-order valence-electron chi connectivity index (χ1n) is 6.70. The van der Waals surface area contributed by atoms with Gasteiger partial charge in [-0.25, -0.2) is 0 Å². The van der Waals surface area contributed by atoms with E-state index in [2.05, 4.69) is 27.8 Å². The van der Waals surface area contributed by atoms with E-state index >= 15 is 0 Å². The molecule has 1 aromatic heterocycles. The molecule has 3 nitrogen and oxygen atoms in total. The van der Waals surface area contributed by atoms with Crippen LogP contribution in [-0.4, -0.2) is 16.7 Å². The number of aromatic nitrogens is 1. The number of rotatable bonds is 6. The zero-order chi connectivity index (χ0) is 14.4. The van der Waals surface area contributed by atoms with Crippen LogP contribution >= 0.6 is 15.9 Å². The molecule has 4 heteroatoms. The van der Waals surface area contributed by atoms with Gasteiger partial charge in [0.05, 0.1) is 18.9 Å². The molecule has 0 bridgehead atoms. The molecule has 0 saturated heterocycles. The van der Waals surface area contributed by atoms with Gasteiger partial charge in [0.2, 0.25) is 0 Å². The van der Waals surface area contributed by atoms with Crippen LogP contribution in [0.4, 0.5) is 0 Å². The van der Waals surface area contributed by atoms with Crippen LogP contribution in [0, 0.1) is 0 Å². The van der Waals surface area contributed by atoms with Crippen LogP contribution in [0.2, 0.25) is 0 Å². The minimum absolute atomic E-state index is 0.542. The van der Waals surface area contributed by atoms with Gasteiger partial charge >= 0.3 is 0 Å². The van der Waals surface area contributed by atoms with Crippen LogP contribution in [-0.2, 0) is 6.42 Å². The van der Waals surface area contributed by atoms with Crippen molar-refractivity contribution in [3.05, 3.63) is 58.3 Å². The van der Waals surface area contributed by atoms with Crippen molar-refractivity contribution in [2.75, 3.05) is 6.61 Å². The fraction of sp³-hybridized carbons (Fsp3) is 0.312. The van der Waals surface area contributed by atoms with Crippen molar-refractivity contribution in [1.29, 1.82) is 0 Å². The highest BCUT2D eigenvalue weighted by Crippen LogP contribution is 2.25. The Morgan fingerprint density at radius 3 is 2.85 bits per heavy atom. The third-order valence-corrected chi connectivity index (χ3v) is 3.74. The summed E-state index contributed by atoms with van der Waals surface area (Å²) < 4.78 is 6.54. The molecule has 0 amide bonds. The van der Waals surface area contributed by atoms with E-state index in [-0.39, 0.29) is 0 Å². The number of hydrogen-bond acceptors (Lipinski definition) is 3. The van der Waals surface area contributed by atoms with Crippen molar-refractivity contribution in [2.24, 2.45) is 0 Å². The van der Waals surface area contributed by atoms with E-state index in [0.717, 1.165) is 22.0 Å². The molecule has 0 radical (unpaired) electrons. The van der Waals surface area contributed by atoms with E-state index in [1.54, 1.807) is 12.4 Å². The molecule has 1 aromatic carbocycles. The van der Waals surface area contributed by atoms with Gasteiger partial charge in [-0.2, -0.15) is 0 Å². The first-order valence-corrected chi connectivity index (χ1v) is 7.49. The van der Waals surface area contributed by atoms with Gasteiger partial charge in [-0.15, -0.1) is 0 Å². The molecule has 1 N–H and O–H groups in total. The standard InChI is InChI=1S/C16H18BrNO2/c1-2-7-20-14-8-13(10-18-11-14)16(19)9-12-5-3-4-6-15(12)17/h3-6,8,10-11,16,19H,2,7,9H2,1H3. The molecular formula is C16H18BrNO2. The van der Waals surface area contributed by atoms with Gasteiger partial charge in [-0.1, -0.05) is 41.1 Å². The maximum atomic E-state index is 10.3. The molecule has 0 spiro atoms. The van der Waals surface area contributed by atoms with E-state index in [1.807, 2.05) is 30.3 Å². The fourth-order valence-corrected chi connectivity index (χ4v) is 2.35. The lowest BCUT2D eigenvalue weighted by Gasteiger charge is -2.13. The highest BCUT2D eigenvalue weighted by molar-refractivity contribution is 9.10. The monoisotopic (exact) mass is 335 g/mol. The van der Waals surface area contributed by atoms with Gasteiger partial charge in [-0.05, 0) is 24.1 Å². The molecule has 1 atom stereocenters. The Kier molecular flexibility index (Phi) is 5.56. The van der Waals surface area contributed by atoms with E-state index < -0.39 is 6.10 Å². The van der Waals surface area contributed by atoms with Gasteiger partial charge in [0.25, 0.3) is 0 Å². The van der Waals surface area contributed by atoms with E-state index in [9.17, 15) is 5.11 Å². The Balaban J connectivity index is 2.09. The second kappa shape index (κ2) is 7.41. The lowest BCUT2D eigenvalue weighted by molar-refractivity contribution is 0.177. The lowest BCUT2D eigenvalue weighted by Crippen LogP contribution is -2.04. The average molecular weight is 336 g/mol. The molecule has 0 aliphatic carbocycles. The van der Waals surface area contributed by atoms with Crippen LogP contribution in [0.5, 0.6) is 5.75 Å². The van der Waals surface area contributed by atoms with Crippen molar-refractivity contribution in [3.63, 3.8) is 0 Å². The molecule has 1 unspecified atom stereocenters. The normalized spacial score (nSPS) is 12.2. The summed E-state index contributed by atoms with van der Waals surface area (Å²) in [5.41, 5.74) is 1.84. The molecule has 20 heavy (non-hydrogen) atoms. The summed E-state index contributed by atoms with van der Waals surface area (Å²) in [4.78, 5) is 4.13. The number of pyridine rings is 1. The summed E-state index contributed by atoms with van der Waals surface area (Å²) in [6.45, 7) is 2.71. The van der Waals surface area contributed by atoms with Gasteiger partial charge in [0.1, 0.15) is 5.75 Å². The van der Waals surface area contributed by atoms with Crippen LogP contribution in [0.25, 0.3) is 0 Å². The van der Waals surface area contributed by atoms with Crippen molar-refractivity contribution in [3.8, 4) is 5.75 Å². The summed E-state index contributed by atoms with van der Waals surface area (Å²) in [6, 6.07) is 9.75. The molecule has 0 aliphatic rings. The summed E-state index contributed by atoms with van der Waals surface area (Å²) in [7, 11) is 0. The lowest BCUT2D eigenvalue weighted by atomic mass is 10.0. The summed E-state index contributed by atoms with van der Waals surface area (Å²) in [5, 5.41) is 10.3. The van der Waals surface area contributed by atoms with E-state index in [1.165, 1.54) is 0 Å².